The molecule has 3 aliphatic rings. The van der Waals surface area contributed by atoms with Gasteiger partial charge in [0.1, 0.15) is 5.75 Å². The van der Waals surface area contributed by atoms with Crippen molar-refractivity contribution in [1.29, 1.82) is 0 Å². The van der Waals surface area contributed by atoms with Gasteiger partial charge in [-0.1, -0.05) is 12.2 Å². The second-order valence-corrected chi connectivity index (χ2v) is 7.66. The van der Waals surface area contributed by atoms with Gasteiger partial charge in [0.2, 0.25) is 0 Å². The number of hydrazone groups is 1. The Balaban J connectivity index is 1.26. The van der Waals surface area contributed by atoms with Gasteiger partial charge in [0.25, 0.3) is 0 Å². The van der Waals surface area contributed by atoms with Crippen LogP contribution in [0.25, 0.3) is 0 Å². The summed E-state index contributed by atoms with van der Waals surface area (Å²) in [4.78, 5) is 0. The standard InChI is InChI=1S/C20H25N3OS/c1-2-24-15-8-6-13(7-9-15)12-21-23-20(25)22-19-11-14-10-18(19)17-5-3-4-16(14)17/h3,5-9,12,14,16-19H,2,4,10-11H2,1H3,(H2,22,23,25)/b21-12-/t14-,16-,17+,18+,19-/m1/s1. The number of hydrogen-bond donors (Lipinski definition) is 2. The van der Waals surface area contributed by atoms with Crippen molar-refractivity contribution in [3.05, 3.63) is 42.0 Å². The lowest BCUT2D eigenvalue weighted by Gasteiger charge is -2.32. The lowest BCUT2D eigenvalue weighted by atomic mass is 9.79. The second-order valence-electron chi connectivity index (χ2n) is 7.25. The van der Waals surface area contributed by atoms with Gasteiger partial charge in [-0.3, -0.25) is 5.43 Å². The molecule has 0 amide bonds. The summed E-state index contributed by atoms with van der Waals surface area (Å²) in [6.45, 7) is 2.65. The minimum atomic E-state index is 0.495. The van der Waals surface area contributed by atoms with Gasteiger partial charge in [-0.05, 0) is 91.9 Å². The summed E-state index contributed by atoms with van der Waals surface area (Å²) in [7, 11) is 0. The van der Waals surface area contributed by atoms with Gasteiger partial charge in [-0.15, -0.1) is 0 Å². The van der Waals surface area contributed by atoms with Gasteiger partial charge in [-0.2, -0.15) is 5.10 Å². The molecule has 132 valence electrons. The van der Waals surface area contributed by atoms with Crippen LogP contribution in [0, 0.1) is 23.7 Å². The van der Waals surface area contributed by atoms with E-state index < -0.39 is 0 Å². The fourth-order valence-corrected chi connectivity index (χ4v) is 5.10. The Morgan fingerprint density at radius 2 is 2.12 bits per heavy atom. The predicted molar refractivity (Wildman–Crippen MR) is 105 cm³/mol. The van der Waals surface area contributed by atoms with Crippen molar-refractivity contribution < 1.29 is 4.74 Å². The van der Waals surface area contributed by atoms with Crippen LogP contribution in [0.1, 0.15) is 31.7 Å². The number of thiocarbonyl (C=S) groups is 1. The van der Waals surface area contributed by atoms with Crippen molar-refractivity contribution >= 4 is 23.5 Å². The van der Waals surface area contributed by atoms with E-state index in [4.69, 9.17) is 17.0 Å². The van der Waals surface area contributed by atoms with Crippen LogP contribution in [0.15, 0.2) is 41.5 Å². The number of ether oxygens (including phenoxy) is 1. The third-order valence-corrected chi connectivity index (χ3v) is 6.11. The molecule has 0 heterocycles. The third kappa shape index (κ3) is 3.43. The molecule has 0 spiro atoms. The van der Waals surface area contributed by atoms with Crippen LogP contribution in [-0.2, 0) is 0 Å². The number of benzene rings is 1. The molecule has 0 aliphatic heterocycles. The topological polar surface area (TPSA) is 45.6 Å². The van der Waals surface area contributed by atoms with Crippen LogP contribution >= 0.6 is 12.2 Å². The summed E-state index contributed by atoms with van der Waals surface area (Å²) < 4.78 is 5.44. The van der Waals surface area contributed by atoms with E-state index in [-0.39, 0.29) is 0 Å². The first-order chi connectivity index (χ1) is 12.2. The molecule has 0 saturated heterocycles. The molecule has 1 aromatic rings. The first-order valence-electron chi connectivity index (χ1n) is 9.23. The Hall–Kier alpha value is -1.88. The first kappa shape index (κ1) is 16.6. The van der Waals surface area contributed by atoms with Gasteiger partial charge in [-0.25, -0.2) is 0 Å². The van der Waals surface area contributed by atoms with Crippen LogP contribution in [0.3, 0.4) is 0 Å². The van der Waals surface area contributed by atoms with E-state index in [1.165, 1.54) is 19.3 Å². The van der Waals surface area contributed by atoms with Crippen LogP contribution < -0.4 is 15.5 Å². The molecule has 25 heavy (non-hydrogen) atoms. The molecule has 3 aliphatic carbocycles. The molecule has 0 radical (unpaired) electrons. The SMILES string of the molecule is CCOc1ccc(/C=N\NC(=S)N[C@@H]2C[C@H]3C[C@H]2[C@H]2C=CC[C@H]32)cc1. The molecule has 5 atom stereocenters. The zero-order chi connectivity index (χ0) is 17.2. The molecule has 5 heteroatoms. The van der Waals surface area contributed by atoms with E-state index in [2.05, 4.69) is 28.0 Å². The van der Waals surface area contributed by atoms with E-state index in [0.29, 0.717) is 17.8 Å². The Kier molecular flexibility index (Phi) is 4.75. The number of rotatable bonds is 5. The van der Waals surface area contributed by atoms with E-state index in [9.17, 15) is 0 Å². The van der Waals surface area contributed by atoms with Crippen molar-refractivity contribution in [2.45, 2.75) is 32.2 Å². The van der Waals surface area contributed by atoms with Gasteiger partial charge in [0.15, 0.2) is 5.11 Å². The van der Waals surface area contributed by atoms with Gasteiger partial charge < -0.3 is 10.1 Å². The van der Waals surface area contributed by atoms with E-state index in [0.717, 1.165) is 35.0 Å². The fourth-order valence-electron chi connectivity index (χ4n) is 4.89. The fraction of sp³-hybridized carbons (Fsp3) is 0.500. The molecule has 2 fully saturated rings. The zero-order valence-corrected chi connectivity index (χ0v) is 15.3. The van der Waals surface area contributed by atoms with Crippen LogP contribution in [-0.4, -0.2) is 24.0 Å². The average Bonchev–Trinajstić information content (AvgIpc) is 3.29. The van der Waals surface area contributed by atoms with Gasteiger partial charge in [0.05, 0.1) is 12.8 Å². The summed E-state index contributed by atoms with van der Waals surface area (Å²) in [5.74, 6) is 4.16. The molecule has 1 aromatic carbocycles. The van der Waals surface area contributed by atoms with Crippen molar-refractivity contribution in [3.63, 3.8) is 0 Å². The first-order valence-corrected chi connectivity index (χ1v) is 9.64. The number of allylic oxidation sites excluding steroid dienone is 2. The van der Waals surface area contributed by atoms with Crippen molar-refractivity contribution in [1.82, 2.24) is 10.7 Å². The molecule has 2 N–H and O–H groups in total. The molecule has 2 saturated carbocycles. The maximum absolute atomic E-state index is 5.44. The maximum Gasteiger partial charge on any atom is 0.187 e. The lowest BCUT2D eigenvalue weighted by Crippen LogP contribution is -2.45. The maximum atomic E-state index is 5.44. The molecule has 0 unspecified atom stereocenters. The summed E-state index contributed by atoms with van der Waals surface area (Å²) in [5, 5.41) is 8.37. The second kappa shape index (κ2) is 7.16. The highest BCUT2D eigenvalue weighted by molar-refractivity contribution is 7.80. The average molecular weight is 356 g/mol. The smallest absolute Gasteiger partial charge is 0.187 e. The quantitative estimate of drug-likeness (QED) is 0.367. The van der Waals surface area contributed by atoms with Crippen LogP contribution in [0.4, 0.5) is 0 Å². The highest BCUT2D eigenvalue weighted by Gasteiger charge is 2.52. The van der Waals surface area contributed by atoms with E-state index in [1.54, 1.807) is 6.21 Å². The van der Waals surface area contributed by atoms with Gasteiger partial charge in [0, 0.05) is 6.04 Å². The predicted octanol–water partition coefficient (Wildman–Crippen LogP) is 3.48. The monoisotopic (exact) mass is 355 g/mol. The summed E-state index contributed by atoms with van der Waals surface area (Å²) in [6.07, 6.45) is 10.5. The van der Waals surface area contributed by atoms with Crippen molar-refractivity contribution in [2.75, 3.05) is 6.61 Å². The number of fused-ring (bicyclic) bond motifs is 5. The third-order valence-electron chi connectivity index (χ3n) is 5.90. The zero-order valence-electron chi connectivity index (χ0n) is 14.5. The molecule has 4 rings (SSSR count). The molecule has 0 aromatic heterocycles. The summed E-state index contributed by atoms with van der Waals surface area (Å²) in [6, 6.07) is 8.35. The van der Waals surface area contributed by atoms with E-state index in [1.807, 2.05) is 31.2 Å². The summed E-state index contributed by atoms with van der Waals surface area (Å²) >= 11 is 5.42. The van der Waals surface area contributed by atoms with E-state index >= 15 is 0 Å². The molecule has 2 bridgehead atoms. The van der Waals surface area contributed by atoms with Crippen LogP contribution in [0.5, 0.6) is 5.75 Å². The Bertz CT molecular complexity index is 685. The van der Waals surface area contributed by atoms with Crippen molar-refractivity contribution in [3.8, 4) is 5.75 Å². The molecular weight excluding hydrogens is 330 g/mol. The van der Waals surface area contributed by atoms with Crippen molar-refractivity contribution in [2.24, 2.45) is 28.8 Å². The lowest BCUT2D eigenvalue weighted by molar-refractivity contribution is 0.246. The number of hydrogen-bond acceptors (Lipinski definition) is 3. The largest absolute Gasteiger partial charge is 0.494 e. The Labute approximate surface area is 154 Å². The highest BCUT2D eigenvalue weighted by atomic mass is 32.1. The Morgan fingerprint density at radius 1 is 1.28 bits per heavy atom. The molecular formula is C20H25N3OS. The number of nitrogens with one attached hydrogen (secondary N) is 2. The normalized spacial score (nSPS) is 32.1. The molecule has 4 nitrogen and oxygen atoms in total. The summed E-state index contributed by atoms with van der Waals surface area (Å²) in [5.41, 5.74) is 3.97. The van der Waals surface area contributed by atoms with Crippen LogP contribution in [0.2, 0.25) is 0 Å². The van der Waals surface area contributed by atoms with Gasteiger partial charge >= 0.3 is 0 Å². The Morgan fingerprint density at radius 3 is 2.92 bits per heavy atom. The highest BCUT2D eigenvalue weighted by Crippen LogP contribution is 2.56. The number of nitrogens with zero attached hydrogens (tertiary/aromatic N) is 1. The minimum absolute atomic E-state index is 0.495. The minimum Gasteiger partial charge on any atom is -0.494 e.